The largest absolute Gasteiger partial charge is 0.508 e. The molecule has 13 heteroatoms. The zero-order chi connectivity index (χ0) is 40.9. The number of rotatable bonds is 13. The van der Waals surface area contributed by atoms with Gasteiger partial charge in [0.15, 0.2) is 11.2 Å². The van der Waals surface area contributed by atoms with E-state index >= 15 is 0 Å². The van der Waals surface area contributed by atoms with Gasteiger partial charge in [0.1, 0.15) is 17.1 Å². The Hall–Kier alpha value is -5.79. The van der Waals surface area contributed by atoms with Crippen molar-refractivity contribution >= 4 is 57.7 Å². The summed E-state index contributed by atoms with van der Waals surface area (Å²) in [6.45, 7) is 13.6. The molecule has 292 valence electrons. The van der Waals surface area contributed by atoms with Crippen molar-refractivity contribution in [3.8, 4) is 28.2 Å². The molecule has 1 aliphatic heterocycles. The maximum absolute atomic E-state index is 13.2. The highest BCUT2D eigenvalue weighted by Crippen LogP contribution is 2.42. The zero-order valence-corrected chi connectivity index (χ0v) is 33.2. The second-order valence-corrected chi connectivity index (χ2v) is 16.6. The van der Waals surface area contributed by atoms with Crippen molar-refractivity contribution in [1.82, 2.24) is 10.7 Å². The molecule has 1 aliphatic carbocycles. The number of carbonyl (C=O) groups excluding carboxylic acids is 3. The van der Waals surface area contributed by atoms with Crippen LogP contribution in [0.4, 0.5) is 5.69 Å². The second-order valence-electron chi connectivity index (χ2n) is 15.6. The van der Waals surface area contributed by atoms with E-state index in [1.165, 1.54) is 30.3 Å². The molecular weight excluding hydrogens is 733 g/mol. The summed E-state index contributed by atoms with van der Waals surface area (Å²) in [5, 5.41) is 31.1. The van der Waals surface area contributed by atoms with Gasteiger partial charge < -0.3 is 25.3 Å². The number of hydrogen-bond acceptors (Lipinski definition) is 10. The molecule has 0 radical (unpaired) electrons. The number of phenols is 1. The number of carboxylic acid groups (broad SMARTS) is 1. The molecule has 2 amide bonds. The Morgan fingerprint density at radius 1 is 0.839 bits per heavy atom. The van der Waals surface area contributed by atoms with Crippen LogP contribution < -0.4 is 21.5 Å². The lowest BCUT2D eigenvalue weighted by molar-refractivity contribution is -0.129. The van der Waals surface area contributed by atoms with Gasteiger partial charge in [-0.25, -0.2) is 10.2 Å². The van der Waals surface area contributed by atoms with Gasteiger partial charge in [0.25, 0.3) is 0 Å². The zero-order valence-electron chi connectivity index (χ0n) is 32.4. The molecule has 5 rings (SSSR count). The maximum atomic E-state index is 13.2. The molecule has 1 heterocycles. The molecule has 3 aromatic carbocycles. The fraction of sp³-hybridized carbons (Fsp3) is 0.302. The average Bonchev–Trinajstić information content (AvgIpc) is 3.11. The van der Waals surface area contributed by atoms with E-state index in [4.69, 9.17) is 4.42 Å². The maximum Gasteiger partial charge on any atom is 0.336 e. The highest BCUT2D eigenvalue weighted by molar-refractivity contribution is 8.00. The van der Waals surface area contributed by atoms with Gasteiger partial charge in [-0.15, -0.1) is 11.8 Å². The first-order valence-corrected chi connectivity index (χ1v) is 19.1. The van der Waals surface area contributed by atoms with Crippen LogP contribution in [-0.2, 0) is 20.8 Å². The molecule has 1 atom stereocenters. The number of amides is 2. The normalized spacial score (nSPS) is 12.7. The summed E-state index contributed by atoms with van der Waals surface area (Å²) in [4.78, 5) is 63.1. The van der Waals surface area contributed by atoms with E-state index in [-0.39, 0.29) is 62.6 Å². The number of phenolic OH excluding ortho intramolecular Hbond substituents is 1. The van der Waals surface area contributed by atoms with Crippen molar-refractivity contribution in [2.24, 2.45) is 10.5 Å². The number of nitrogens with one attached hydrogen (secondary N) is 3. The highest BCUT2D eigenvalue weighted by atomic mass is 32.2. The van der Waals surface area contributed by atoms with Crippen LogP contribution in [-0.4, -0.2) is 62.6 Å². The average molecular weight is 779 g/mol. The first-order chi connectivity index (χ1) is 26.3. The van der Waals surface area contributed by atoms with E-state index in [1.807, 2.05) is 65.8 Å². The minimum Gasteiger partial charge on any atom is -0.508 e. The summed E-state index contributed by atoms with van der Waals surface area (Å²) < 4.78 is 5.87. The van der Waals surface area contributed by atoms with Gasteiger partial charge in [0, 0.05) is 45.3 Å². The van der Waals surface area contributed by atoms with Gasteiger partial charge >= 0.3 is 5.97 Å². The Kier molecular flexibility index (Phi) is 12.5. The highest BCUT2D eigenvalue weighted by Gasteiger charge is 2.32. The Morgan fingerprint density at radius 3 is 2.18 bits per heavy atom. The quantitative estimate of drug-likeness (QED) is 0.0469. The summed E-state index contributed by atoms with van der Waals surface area (Å²) in [6, 6.07) is 20.5. The van der Waals surface area contributed by atoms with Crippen molar-refractivity contribution in [3.63, 3.8) is 0 Å². The first kappa shape index (κ1) is 41.4. The Balaban J connectivity index is 1.18. The third-order valence-corrected chi connectivity index (χ3v) is 9.70. The number of carbonyl (C=O) groups is 4. The van der Waals surface area contributed by atoms with Crippen LogP contribution in [0.5, 0.6) is 5.75 Å². The van der Waals surface area contributed by atoms with Crippen LogP contribution in [0.25, 0.3) is 33.4 Å². The van der Waals surface area contributed by atoms with E-state index in [0.717, 1.165) is 22.9 Å². The molecule has 0 spiro atoms. The van der Waals surface area contributed by atoms with Crippen LogP contribution in [0.15, 0.2) is 93.2 Å². The molecule has 12 nitrogen and oxygen atoms in total. The monoisotopic (exact) mass is 778 g/mol. The number of hydrogen-bond donors (Lipinski definition) is 5. The lowest BCUT2D eigenvalue weighted by Crippen LogP contribution is -2.51. The Morgan fingerprint density at radius 2 is 1.52 bits per heavy atom. The predicted octanol–water partition coefficient (Wildman–Crippen LogP) is 7.10. The number of carboxylic acids is 1. The van der Waals surface area contributed by atoms with Gasteiger partial charge in [0.05, 0.1) is 28.8 Å². The Labute approximate surface area is 329 Å². The van der Waals surface area contributed by atoms with Gasteiger partial charge in [-0.1, -0.05) is 51.1 Å². The van der Waals surface area contributed by atoms with Crippen LogP contribution in [0.3, 0.4) is 0 Å². The number of nitrogens with zero attached hydrogens (tertiary/aromatic N) is 1. The van der Waals surface area contributed by atoms with E-state index in [0.29, 0.717) is 34.2 Å². The Bertz CT molecular complexity index is 2350. The van der Waals surface area contributed by atoms with Crippen molar-refractivity contribution in [2.45, 2.75) is 66.5 Å². The van der Waals surface area contributed by atoms with Gasteiger partial charge in [0.2, 0.25) is 11.8 Å². The van der Waals surface area contributed by atoms with Gasteiger partial charge in [-0.2, -0.15) is 5.10 Å². The molecule has 5 N–H and O–H groups in total. The molecule has 0 saturated carbocycles. The number of aromatic carboxylic acids is 1. The lowest BCUT2D eigenvalue weighted by Gasteiger charge is -2.32. The fourth-order valence-corrected chi connectivity index (χ4v) is 6.82. The summed E-state index contributed by atoms with van der Waals surface area (Å²) in [5.41, 5.74) is 5.56. The molecule has 0 saturated heterocycles. The van der Waals surface area contributed by atoms with E-state index in [1.54, 1.807) is 31.2 Å². The van der Waals surface area contributed by atoms with Crippen LogP contribution in [0.1, 0.15) is 70.0 Å². The van der Waals surface area contributed by atoms with Crippen molar-refractivity contribution in [2.75, 3.05) is 16.8 Å². The minimum absolute atomic E-state index is 0.0493. The molecular formula is C43H46N4O8S. The minimum atomic E-state index is -1.25. The topological polar surface area (TPSA) is 187 Å². The van der Waals surface area contributed by atoms with Crippen molar-refractivity contribution in [3.05, 3.63) is 106 Å². The van der Waals surface area contributed by atoms with Crippen LogP contribution in [0, 0.1) is 5.41 Å². The van der Waals surface area contributed by atoms with Crippen molar-refractivity contribution in [1.29, 1.82) is 0 Å². The smallest absolute Gasteiger partial charge is 0.336 e. The summed E-state index contributed by atoms with van der Waals surface area (Å²) in [7, 11) is 0. The summed E-state index contributed by atoms with van der Waals surface area (Å²) in [6.07, 6.45) is 0.536. The molecule has 0 bridgehead atoms. The van der Waals surface area contributed by atoms with Crippen molar-refractivity contribution < 1.29 is 33.8 Å². The third kappa shape index (κ3) is 10.5. The fourth-order valence-electron chi connectivity index (χ4n) is 6.22. The molecule has 2 aliphatic rings. The third-order valence-electron chi connectivity index (χ3n) is 8.77. The number of anilines is 1. The molecule has 0 fully saturated rings. The first-order valence-electron chi connectivity index (χ1n) is 18.0. The molecule has 56 heavy (non-hydrogen) atoms. The number of aromatic hydroxyl groups is 1. The number of thioether (sulfide) groups is 1. The van der Waals surface area contributed by atoms with E-state index in [2.05, 4.69) is 21.2 Å². The number of hydrazone groups is 1. The van der Waals surface area contributed by atoms with Crippen LogP contribution >= 0.6 is 11.8 Å². The number of Topliss-reactive ketones (excluding diaryl/α,β-unsaturated/α-hetero) is 1. The number of benzene rings is 4. The molecule has 0 aromatic heterocycles. The van der Waals surface area contributed by atoms with Gasteiger partial charge in [-0.05, 0) is 87.2 Å². The molecule has 3 aromatic rings. The predicted molar refractivity (Wildman–Crippen MR) is 221 cm³/mol. The number of fused-ring (bicyclic) bond motifs is 2. The van der Waals surface area contributed by atoms with E-state index in [9.17, 15) is 34.2 Å². The van der Waals surface area contributed by atoms with Gasteiger partial charge in [-0.3, -0.25) is 19.2 Å². The SMILES string of the molecule is CC(=NNC(=O)CSCC(=O)Nc1ccc(-c2c3ccc(=O)cc-3oc3cc(O)ccc23)c(C(=O)O)c1)c1ccc(CC(NC(C)(C)C)C(=O)C(C)(C)C)cc1. The van der Waals surface area contributed by atoms with Crippen LogP contribution in [0.2, 0.25) is 0 Å². The lowest BCUT2D eigenvalue weighted by atomic mass is 9.83. The standard InChI is InChI=1S/C43H46N4O8S/c1-24(26-10-8-25(9-11-26)18-34(45-43(5,6)7)40(52)42(2,3)4)46-47-38(51)23-56-22-37(50)44-27-12-15-30(33(19-27)41(53)54)39-31-16-13-28(48)20-35(31)55-36-21-29(49)14-17-32(36)39/h8-17,19-21,34,45,48H,18,22-23H2,1-7H3,(H,44,50)(H,47,51)(H,53,54). The van der Waals surface area contributed by atoms with E-state index < -0.39 is 23.2 Å². The number of ketones is 1. The summed E-state index contributed by atoms with van der Waals surface area (Å²) >= 11 is 1.07. The summed E-state index contributed by atoms with van der Waals surface area (Å²) in [5.74, 6) is -1.92. The molecule has 1 unspecified atom stereocenters. The second kappa shape index (κ2) is 16.9.